The van der Waals surface area contributed by atoms with Crippen molar-refractivity contribution in [2.75, 3.05) is 30.3 Å². The summed E-state index contributed by atoms with van der Waals surface area (Å²) < 4.78 is 56.8. The van der Waals surface area contributed by atoms with E-state index in [1.807, 2.05) is 12.1 Å². The van der Waals surface area contributed by atoms with Gasteiger partial charge in [0, 0.05) is 29.4 Å². The van der Waals surface area contributed by atoms with Crippen LogP contribution in [0.5, 0.6) is 6.01 Å². The van der Waals surface area contributed by atoms with E-state index in [9.17, 15) is 41.8 Å². The Hall–Kier alpha value is -6.04. The number of ether oxygens (including phenoxy) is 1. The molecule has 1 aliphatic rings. The first-order valence-electron chi connectivity index (χ1n) is 15.9. The van der Waals surface area contributed by atoms with Gasteiger partial charge in [0.15, 0.2) is 6.61 Å². The number of amides is 3. The summed E-state index contributed by atoms with van der Waals surface area (Å²) in [7, 11) is 0. The smallest absolute Gasteiger partial charge is 0.422 e. The second kappa shape index (κ2) is 16.5. The van der Waals surface area contributed by atoms with Gasteiger partial charge in [0.2, 0.25) is 11.9 Å². The van der Waals surface area contributed by atoms with Gasteiger partial charge in [-0.25, -0.2) is 9.18 Å². The summed E-state index contributed by atoms with van der Waals surface area (Å²) in [5.74, 6) is -5.19. The Bertz CT molecular complexity index is 1960. The van der Waals surface area contributed by atoms with Gasteiger partial charge in [-0.05, 0) is 78.9 Å². The molecule has 0 spiro atoms. The Morgan fingerprint density at radius 2 is 1.58 bits per heavy atom. The summed E-state index contributed by atoms with van der Waals surface area (Å²) >= 11 is 6.01. The number of benzene rings is 3. The Morgan fingerprint density at radius 3 is 2.23 bits per heavy atom. The predicted octanol–water partition coefficient (Wildman–Crippen LogP) is 4.11. The molecule has 3 aromatic carbocycles. The molecular weight excluding hydrogens is 728 g/mol. The molecular formula is C34H31ClF4N8O6. The molecule has 53 heavy (non-hydrogen) atoms. The van der Waals surface area contributed by atoms with E-state index in [1.165, 1.54) is 42.5 Å². The van der Waals surface area contributed by atoms with E-state index >= 15 is 0 Å². The van der Waals surface area contributed by atoms with E-state index < -0.39 is 66.4 Å². The topological polar surface area (TPSA) is 197 Å². The van der Waals surface area contributed by atoms with Crippen molar-refractivity contribution in [2.24, 2.45) is 0 Å². The average molecular weight is 759 g/mol. The van der Waals surface area contributed by atoms with Crippen molar-refractivity contribution in [3.8, 4) is 6.01 Å². The largest absolute Gasteiger partial charge is 0.480 e. The first kappa shape index (κ1) is 38.2. The molecule has 3 amide bonds. The van der Waals surface area contributed by atoms with Crippen LogP contribution in [0.2, 0.25) is 5.02 Å². The van der Waals surface area contributed by atoms with Gasteiger partial charge in [-0.15, -0.1) is 0 Å². The minimum atomic E-state index is -4.66. The van der Waals surface area contributed by atoms with Crippen LogP contribution in [0.15, 0.2) is 72.8 Å². The number of hydrogen-bond donors (Lipinski definition) is 6. The summed E-state index contributed by atoms with van der Waals surface area (Å²) in [4.78, 5) is 61.2. The number of aromatic nitrogens is 3. The average Bonchev–Trinajstić information content (AvgIpc) is 3.89. The fourth-order valence-electron chi connectivity index (χ4n) is 4.92. The number of aliphatic carboxylic acids is 1. The quantitative estimate of drug-likeness (QED) is 0.0754. The molecule has 1 atom stereocenters. The lowest BCUT2D eigenvalue weighted by molar-refractivity contribution is -0.154. The SMILES string of the molecule is O=C(NCCc1cccc(F)c1)C(=O)NC[C@H](NC(=O)c1ccc(Nc2nc(NC3(c4ccc(Cl)cc4)CC3)nc(OCC(F)(F)F)n2)cc1)C(=O)O. The lowest BCUT2D eigenvalue weighted by Crippen LogP contribution is -2.51. The van der Waals surface area contributed by atoms with Gasteiger partial charge in [-0.1, -0.05) is 35.9 Å². The number of alkyl halides is 3. The van der Waals surface area contributed by atoms with Gasteiger partial charge in [0.05, 0.1) is 5.54 Å². The summed E-state index contributed by atoms with van der Waals surface area (Å²) in [5, 5.41) is 22.8. The van der Waals surface area contributed by atoms with Crippen molar-refractivity contribution in [2.45, 2.75) is 37.0 Å². The summed E-state index contributed by atoms with van der Waals surface area (Å²) in [6, 6.07) is 16.0. The minimum Gasteiger partial charge on any atom is -0.480 e. The van der Waals surface area contributed by atoms with Crippen LogP contribution in [-0.4, -0.2) is 75.7 Å². The molecule has 0 unspecified atom stereocenters. The van der Waals surface area contributed by atoms with Crippen LogP contribution in [0, 0.1) is 5.82 Å². The maximum Gasteiger partial charge on any atom is 0.422 e. The van der Waals surface area contributed by atoms with Crippen molar-refractivity contribution in [1.82, 2.24) is 30.9 Å². The number of hydrogen-bond acceptors (Lipinski definition) is 10. The maximum atomic E-state index is 13.3. The van der Waals surface area contributed by atoms with Gasteiger partial charge in [-0.3, -0.25) is 14.4 Å². The minimum absolute atomic E-state index is 0.00839. The predicted molar refractivity (Wildman–Crippen MR) is 182 cm³/mol. The van der Waals surface area contributed by atoms with E-state index in [1.54, 1.807) is 18.2 Å². The first-order valence-corrected chi connectivity index (χ1v) is 16.3. The van der Waals surface area contributed by atoms with Gasteiger partial charge in [0.25, 0.3) is 5.91 Å². The second-order valence-corrected chi connectivity index (χ2v) is 12.2. The lowest BCUT2D eigenvalue weighted by Gasteiger charge is -2.19. The Kier molecular flexibility index (Phi) is 11.9. The highest BCUT2D eigenvalue weighted by molar-refractivity contribution is 6.35. The van der Waals surface area contributed by atoms with Crippen molar-refractivity contribution in [3.63, 3.8) is 0 Å². The number of carboxylic acids is 1. The van der Waals surface area contributed by atoms with Crippen LogP contribution >= 0.6 is 11.6 Å². The monoisotopic (exact) mass is 758 g/mol. The molecule has 19 heteroatoms. The highest BCUT2D eigenvalue weighted by atomic mass is 35.5. The van der Waals surface area contributed by atoms with Crippen LogP contribution in [0.4, 0.5) is 35.1 Å². The summed E-state index contributed by atoms with van der Waals surface area (Å²) in [6.07, 6.45) is -3.03. The molecule has 1 saturated carbocycles. The third-order valence-electron chi connectivity index (χ3n) is 7.75. The lowest BCUT2D eigenvalue weighted by atomic mass is 10.1. The van der Waals surface area contributed by atoms with Crippen LogP contribution in [-0.2, 0) is 26.3 Å². The van der Waals surface area contributed by atoms with E-state index in [0.717, 1.165) is 5.56 Å². The standard InChI is InChI=1S/C34H31ClF4N8O6/c35-22-8-6-21(7-9-22)33(13-14-33)47-31-44-30(45-32(46-31)53-18-34(37,38)39)42-24-10-4-20(5-11-24)26(48)43-25(29(51)52)17-41-28(50)27(49)40-15-12-19-2-1-3-23(36)16-19/h1-11,16,25H,12-15,17-18H2,(H,40,49)(H,41,50)(H,43,48)(H,51,52)(H2,42,44,45,46,47)/t25-/m0/s1. The van der Waals surface area contributed by atoms with Gasteiger partial charge < -0.3 is 36.4 Å². The highest BCUT2D eigenvalue weighted by Crippen LogP contribution is 2.48. The van der Waals surface area contributed by atoms with Gasteiger partial charge in [-0.2, -0.15) is 28.1 Å². The zero-order chi connectivity index (χ0) is 38.2. The number of nitrogens with zero attached hydrogens (tertiary/aromatic N) is 3. The molecule has 0 bridgehead atoms. The third-order valence-corrected chi connectivity index (χ3v) is 8.00. The molecule has 1 aliphatic carbocycles. The number of carbonyl (C=O) groups excluding carboxylic acids is 3. The fourth-order valence-corrected chi connectivity index (χ4v) is 5.04. The fraction of sp³-hybridized carbons (Fsp3) is 0.265. The van der Waals surface area contributed by atoms with Gasteiger partial charge >= 0.3 is 30.0 Å². The van der Waals surface area contributed by atoms with Crippen molar-refractivity contribution < 1.29 is 46.6 Å². The molecule has 1 aromatic heterocycles. The second-order valence-electron chi connectivity index (χ2n) is 11.8. The van der Waals surface area contributed by atoms with Crippen LogP contribution in [0.3, 0.4) is 0 Å². The number of anilines is 3. The maximum absolute atomic E-state index is 13.3. The Labute approximate surface area is 303 Å². The summed E-state index contributed by atoms with van der Waals surface area (Å²) in [6.45, 7) is -2.25. The number of halogens is 5. The zero-order valence-corrected chi connectivity index (χ0v) is 28.2. The third kappa shape index (κ3) is 11.2. The van der Waals surface area contributed by atoms with E-state index in [4.69, 9.17) is 16.3 Å². The molecule has 14 nitrogen and oxygen atoms in total. The highest BCUT2D eigenvalue weighted by Gasteiger charge is 2.45. The molecule has 0 saturated heterocycles. The van der Waals surface area contributed by atoms with E-state index in [-0.39, 0.29) is 30.4 Å². The van der Waals surface area contributed by atoms with Crippen LogP contribution in [0.25, 0.3) is 0 Å². The number of nitrogens with one attached hydrogen (secondary N) is 5. The molecule has 0 radical (unpaired) electrons. The molecule has 278 valence electrons. The first-order chi connectivity index (χ1) is 25.2. The number of carboxylic acid groups (broad SMARTS) is 1. The van der Waals surface area contributed by atoms with Crippen LogP contribution < -0.4 is 31.3 Å². The molecule has 0 aliphatic heterocycles. The Balaban J connectivity index is 1.18. The molecule has 1 fully saturated rings. The molecule has 1 heterocycles. The Morgan fingerprint density at radius 1 is 0.906 bits per heavy atom. The molecule has 5 rings (SSSR count). The normalized spacial score (nSPS) is 13.6. The van der Waals surface area contributed by atoms with E-state index in [0.29, 0.717) is 29.1 Å². The molecule has 4 aromatic rings. The van der Waals surface area contributed by atoms with Gasteiger partial charge in [0.1, 0.15) is 11.9 Å². The van der Waals surface area contributed by atoms with Crippen molar-refractivity contribution in [1.29, 1.82) is 0 Å². The van der Waals surface area contributed by atoms with Crippen molar-refractivity contribution in [3.05, 3.63) is 100 Å². The summed E-state index contributed by atoms with van der Waals surface area (Å²) in [5.41, 5.74) is 1.19. The van der Waals surface area contributed by atoms with Crippen LogP contribution in [0.1, 0.15) is 34.3 Å². The van der Waals surface area contributed by atoms with Crippen molar-refractivity contribution >= 4 is 52.9 Å². The van der Waals surface area contributed by atoms with E-state index in [2.05, 4.69) is 41.5 Å². The number of rotatable bonds is 15. The zero-order valence-electron chi connectivity index (χ0n) is 27.5. The number of carbonyl (C=O) groups is 4. The molecule has 6 N–H and O–H groups in total.